The Kier molecular flexibility index (Phi) is 5.70. The third kappa shape index (κ3) is 4.30. The van der Waals surface area contributed by atoms with Crippen LogP contribution in [0.15, 0.2) is 42.5 Å². The molecule has 0 bridgehead atoms. The largest absolute Gasteiger partial charge is 0.484 e. The summed E-state index contributed by atoms with van der Waals surface area (Å²) >= 11 is 0. The number of nitrogens with zero attached hydrogens (tertiary/aromatic N) is 4. The predicted octanol–water partition coefficient (Wildman–Crippen LogP) is 3.70. The van der Waals surface area contributed by atoms with E-state index in [0.717, 1.165) is 38.1 Å². The number of carbonyl (C=O) groups excluding carboxylic acids is 1. The zero-order valence-corrected chi connectivity index (χ0v) is 16.3. The van der Waals surface area contributed by atoms with Crippen LogP contribution >= 0.6 is 0 Å². The minimum absolute atomic E-state index is 0.0619. The van der Waals surface area contributed by atoms with Crippen LogP contribution < -0.4 is 10.1 Å². The standard InChI is InChI=1S/C22H20FN5O2/c23-18-10-7-16(22-27-26-20-4-2-1-3-11-28(20)22)12-19(18)25-21(29)14-30-17-8-5-15(13-24)6-9-17/h5-10,12H,1-4,11,14H2,(H,25,29). The van der Waals surface area contributed by atoms with Gasteiger partial charge in [0.15, 0.2) is 12.4 Å². The van der Waals surface area contributed by atoms with Crippen LogP contribution in [0, 0.1) is 17.1 Å². The maximum Gasteiger partial charge on any atom is 0.262 e. The SMILES string of the molecule is N#Cc1ccc(OCC(=O)Nc2cc(-c3nnc4n3CCCCC4)ccc2F)cc1. The van der Waals surface area contributed by atoms with Crippen molar-refractivity contribution in [3.8, 4) is 23.2 Å². The molecule has 1 aromatic heterocycles. The summed E-state index contributed by atoms with van der Waals surface area (Å²) in [5.74, 6) is 1.03. The summed E-state index contributed by atoms with van der Waals surface area (Å²) in [4.78, 5) is 12.2. The summed E-state index contributed by atoms with van der Waals surface area (Å²) in [6, 6.07) is 12.9. The lowest BCUT2D eigenvalue weighted by Gasteiger charge is -2.11. The van der Waals surface area contributed by atoms with E-state index in [0.29, 0.717) is 22.7 Å². The molecule has 2 aromatic carbocycles. The Bertz CT molecular complexity index is 1100. The monoisotopic (exact) mass is 405 g/mol. The number of aromatic nitrogens is 3. The Morgan fingerprint density at radius 1 is 1.17 bits per heavy atom. The van der Waals surface area contributed by atoms with Crippen molar-refractivity contribution in [2.45, 2.75) is 32.2 Å². The van der Waals surface area contributed by atoms with E-state index < -0.39 is 11.7 Å². The third-order valence-corrected chi connectivity index (χ3v) is 4.96. The third-order valence-electron chi connectivity index (χ3n) is 4.96. The van der Waals surface area contributed by atoms with Crippen LogP contribution in [0.1, 0.15) is 30.7 Å². The molecule has 0 fully saturated rings. The smallest absolute Gasteiger partial charge is 0.262 e. The number of rotatable bonds is 5. The number of nitriles is 1. The highest BCUT2D eigenvalue weighted by Gasteiger charge is 2.17. The van der Waals surface area contributed by atoms with E-state index >= 15 is 0 Å². The summed E-state index contributed by atoms with van der Waals surface area (Å²) in [6.07, 6.45) is 4.16. The van der Waals surface area contributed by atoms with Crippen molar-refractivity contribution >= 4 is 11.6 Å². The highest BCUT2D eigenvalue weighted by Crippen LogP contribution is 2.26. The summed E-state index contributed by atoms with van der Waals surface area (Å²) in [5, 5.41) is 19.9. The highest BCUT2D eigenvalue weighted by molar-refractivity contribution is 5.92. The molecular formula is C22H20FN5O2. The van der Waals surface area contributed by atoms with Crippen molar-refractivity contribution in [2.75, 3.05) is 11.9 Å². The molecule has 7 nitrogen and oxygen atoms in total. The number of amides is 1. The Morgan fingerprint density at radius 2 is 2.00 bits per heavy atom. The van der Waals surface area contributed by atoms with Gasteiger partial charge >= 0.3 is 0 Å². The number of hydrogen-bond acceptors (Lipinski definition) is 5. The van der Waals surface area contributed by atoms with Gasteiger partial charge < -0.3 is 14.6 Å². The van der Waals surface area contributed by atoms with Crippen molar-refractivity contribution in [1.29, 1.82) is 5.26 Å². The number of anilines is 1. The lowest BCUT2D eigenvalue weighted by Crippen LogP contribution is -2.20. The molecule has 1 aliphatic rings. The zero-order chi connectivity index (χ0) is 20.9. The van der Waals surface area contributed by atoms with Crippen LogP contribution in [0.5, 0.6) is 5.75 Å². The van der Waals surface area contributed by atoms with Gasteiger partial charge in [-0.3, -0.25) is 4.79 Å². The zero-order valence-electron chi connectivity index (χ0n) is 16.3. The molecule has 152 valence electrons. The number of nitrogens with one attached hydrogen (secondary N) is 1. The van der Waals surface area contributed by atoms with Gasteiger partial charge in [-0.1, -0.05) is 6.42 Å². The second kappa shape index (κ2) is 8.74. The number of hydrogen-bond donors (Lipinski definition) is 1. The quantitative estimate of drug-likeness (QED) is 0.699. The molecule has 8 heteroatoms. The molecule has 30 heavy (non-hydrogen) atoms. The molecule has 1 N–H and O–H groups in total. The van der Waals surface area contributed by atoms with Gasteiger partial charge in [0.1, 0.15) is 17.4 Å². The van der Waals surface area contributed by atoms with E-state index in [-0.39, 0.29) is 12.3 Å². The predicted molar refractivity (Wildman–Crippen MR) is 108 cm³/mol. The summed E-state index contributed by atoms with van der Waals surface area (Å²) < 4.78 is 21.8. The Balaban J connectivity index is 1.46. The first-order valence-corrected chi connectivity index (χ1v) is 9.79. The minimum Gasteiger partial charge on any atom is -0.484 e. The Hall–Kier alpha value is -3.73. The van der Waals surface area contributed by atoms with Gasteiger partial charge in [-0.05, 0) is 55.3 Å². The van der Waals surface area contributed by atoms with E-state index in [1.165, 1.54) is 6.07 Å². The lowest BCUT2D eigenvalue weighted by atomic mass is 10.1. The molecule has 0 atom stereocenters. The normalized spacial score (nSPS) is 13.1. The molecule has 0 radical (unpaired) electrons. The number of aryl methyl sites for hydroxylation is 1. The number of halogens is 1. The number of carbonyl (C=O) groups is 1. The van der Waals surface area contributed by atoms with Crippen molar-refractivity contribution in [3.63, 3.8) is 0 Å². The van der Waals surface area contributed by atoms with Crippen LogP contribution in [-0.4, -0.2) is 27.3 Å². The fourth-order valence-electron chi connectivity index (χ4n) is 3.42. The molecule has 0 saturated heterocycles. The average molecular weight is 405 g/mol. The number of ether oxygens (including phenoxy) is 1. The van der Waals surface area contributed by atoms with Crippen molar-refractivity contribution in [1.82, 2.24) is 14.8 Å². The molecule has 3 aromatic rings. The van der Waals surface area contributed by atoms with E-state index in [4.69, 9.17) is 10.00 Å². The molecule has 1 amide bonds. The second-order valence-electron chi connectivity index (χ2n) is 7.07. The maximum absolute atomic E-state index is 14.3. The van der Waals surface area contributed by atoms with Gasteiger partial charge in [0.2, 0.25) is 0 Å². The van der Waals surface area contributed by atoms with E-state index in [2.05, 4.69) is 20.1 Å². The van der Waals surface area contributed by atoms with Crippen molar-refractivity contribution in [2.24, 2.45) is 0 Å². The van der Waals surface area contributed by atoms with Gasteiger partial charge in [0, 0.05) is 18.5 Å². The maximum atomic E-state index is 14.3. The topological polar surface area (TPSA) is 92.8 Å². The Labute approximate surface area is 173 Å². The molecule has 1 aliphatic heterocycles. The fourth-order valence-corrected chi connectivity index (χ4v) is 3.42. The molecule has 0 unspecified atom stereocenters. The average Bonchev–Trinajstić information content (AvgIpc) is 3.02. The first-order valence-electron chi connectivity index (χ1n) is 9.79. The van der Waals surface area contributed by atoms with Crippen molar-refractivity contribution < 1.29 is 13.9 Å². The molecular weight excluding hydrogens is 385 g/mol. The second-order valence-corrected chi connectivity index (χ2v) is 7.07. The number of benzene rings is 2. The van der Waals surface area contributed by atoms with Gasteiger partial charge in [-0.25, -0.2) is 4.39 Å². The van der Waals surface area contributed by atoms with Crippen LogP contribution in [0.2, 0.25) is 0 Å². The lowest BCUT2D eigenvalue weighted by molar-refractivity contribution is -0.118. The van der Waals surface area contributed by atoms with E-state index in [1.807, 2.05) is 6.07 Å². The number of fused-ring (bicyclic) bond motifs is 1. The highest BCUT2D eigenvalue weighted by atomic mass is 19.1. The van der Waals surface area contributed by atoms with E-state index in [9.17, 15) is 9.18 Å². The fraction of sp³-hybridized carbons (Fsp3) is 0.273. The Morgan fingerprint density at radius 3 is 2.80 bits per heavy atom. The molecule has 0 aliphatic carbocycles. The van der Waals surface area contributed by atoms with Crippen LogP contribution in [-0.2, 0) is 17.8 Å². The summed E-state index contributed by atoms with van der Waals surface area (Å²) in [7, 11) is 0. The van der Waals surface area contributed by atoms with Gasteiger partial charge in [-0.2, -0.15) is 5.26 Å². The van der Waals surface area contributed by atoms with Crippen molar-refractivity contribution in [3.05, 3.63) is 59.7 Å². The summed E-state index contributed by atoms with van der Waals surface area (Å²) in [6.45, 7) is 0.547. The van der Waals surface area contributed by atoms with Crippen LogP contribution in [0.25, 0.3) is 11.4 Å². The van der Waals surface area contributed by atoms with Crippen LogP contribution in [0.3, 0.4) is 0 Å². The van der Waals surface area contributed by atoms with Gasteiger partial charge in [0.05, 0.1) is 17.3 Å². The van der Waals surface area contributed by atoms with Gasteiger partial charge in [-0.15, -0.1) is 10.2 Å². The first kappa shape index (κ1) is 19.6. The van der Waals surface area contributed by atoms with Crippen LogP contribution in [0.4, 0.5) is 10.1 Å². The summed E-state index contributed by atoms with van der Waals surface area (Å²) in [5.41, 5.74) is 1.25. The molecule has 2 heterocycles. The molecule has 0 spiro atoms. The first-order chi connectivity index (χ1) is 14.6. The minimum atomic E-state index is -0.541. The molecule has 0 saturated carbocycles. The van der Waals surface area contributed by atoms with Gasteiger partial charge in [0.25, 0.3) is 5.91 Å². The van der Waals surface area contributed by atoms with E-state index in [1.54, 1.807) is 36.4 Å². The molecule has 4 rings (SSSR count).